The van der Waals surface area contributed by atoms with Crippen molar-refractivity contribution >= 4 is 51.0 Å². The highest BCUT2D eigenvalue weighted by molar-refractivity contribution is 9.09. The summed E-state index contributed by atoms with van der Waals surface area (Å²) < 4.78 is 0. The lowest BCUT2D eigenvalue weighted by Gasteiger charge is -2.13. The van der Waals surface area contributed by atoms with E-state index in [9.17, 15) is 4.79 Å². The lowest BCUT2D eigenvalue weighted by atomic mass is 10.2. The topological polar surface area (TPSA) is 59.0 Å². The summed E-state index contributed by atoms with van der Waals surface area (Å²) in [6.07, 6.45) is 0.478. The van der Waals surface area contributed by atoms with Crippen LogP contribution in [0, 0.1) is 5.92 Å². The van der Waals surface area contributed by atoms with Crippen molar-refractivity contribution in [3.05, 3.63) is 10.6 Å². The average Bonchev–Trinajstić information content (AvgIpc) is 2.58. The van der Waals surface area contributed by atoms with Crippen molar-refractivity contribution in [2.75, 3.05) is 16.8 Å². The van der Waals surface area contributed by atoms with Crippen molar-refractivity contribution in [2.45, 2.75) is 6.42 Å². The van der Waals surface area contributed by atoms with Gasteiger partial charge in [-0.3, -0.25) is 9.69 Å². The molecule has 5 nitrogen and oxygen atoms in total. The van der Waals surface area contributed by atoms with Crippen molar-refractivity contribution in [1.29, 1.82) is 0 Å². The molecule has 1 unspecified atom stereocenters. The summed E-state index contributed by atoms with van der Waals surface area (Å²) in [5, 5.41) is 0.747. The van der Waals surface area contributed by atoms with Crippen LogP contribution in [0.4, 0.5) is 5.95 Å². The van der Waals surface area contributed by atoms with Gasteiger partial charge in [-0.25, -0.2) is 0 Å². The second kappa shape index (κ2) is 4.81. The fourth-order valence-corrected chi connectivity index (χ4v) is 2.30. The van der Waals surface area contributed by atoms with Crippen molar-refractivity contribution in [3.63, 3.8) is 0 Å². The van der Waals surface area contributed by atoms with Crippen molar-refractivity contribution in [1.82, 2.24) is 15.0 Å². The van der Waals surface area contributed by atoms with E-state index in [1.807, 2.05) is 0 Å². The Kier molecular flexibility index (Phi) is 3.61. The molecule has 1 aliphatic heterocycles. The molecule has 0 aromatic carbocycles. The molecule has 1 aromatic rings. The van der Waals surface area contributed by atoms with E-state index in [2.05, 4.69) is 30.9 Å². The molecule has 0 bridgehead atoms. The standard InChI is InChI=1S/C8H7BrCl2N4O/c9-2-4-1-5(16)15(3-4)8-13-6(10)12-7(11)14-8/h4H,1-3H2. The first-order valence-corrected chi connectivity index (χ1v) is 6.41. The molecule has 2 heterocycles. The van der Waals surface area contributed by atoms with E-state index in [1.165, 1.54) is 4.90 Å². The number of amides is 1. The van der Waals surface area contributed by atoms with Gasteiger partial charge in [-0.2, -0.15) is 15.0 Å². The first-order chi connectivity index (χ1) is 7.60. The number of rotatable bonds is 2. The number of alkyl halides is 1. The zero-order chi connectivity index (χ0) is 11.7. The number of nitrogens with zero attached hydrogens (tertiary/aromatic N) is 4. The molecule has 8 heteroatoms. The average molecular weight is 326 g/mol. The third-order valence-corrected chi connectivity index (χ3v) is 3.49. The summed E-state index contributed by atoms with van der Waals surface area (Å²) in [5.41, 5.74) is 0. The van der Waals surface area contributed by atoms with Crippen molar-refractivity contribution in [2.24, 2.45) is 5.92 Å². The van der Waals surface area contributed by atoms with Gasteiger partial charge in [-0.05, 0) is 29.1 Å². The molecule has 0 aliphatic carbocycles. The van der Waals surface area contributed by atoms with E-state index in [1.54, 1.807) is 0 Å². The summed E-state index contributed by atoms with van der Waals surface area (Å²) in [7, 11) is 0. The molecule has 0 N–H and O–H groups in total. The minimum Gasteiger partial charge on any atom is -0.280 e. The fourth-order valence-electron chi connectivity index (χ4n) is 1.52. The summed E-state index contributed by atoms with van der Waals surface area (Å²) in [5.74, 6) is 0.461. The van der Waals surface area contributed by atoms with Crippen LogP contribution in [0.15, 0.2) is 0 Å². The van der Waals surface area contributed by atoms with Gasteiger partial charge in [0.15, 0.2) is 0 Å². The minimum absolute atomic E-state index is 0.00917. The molecule has 1 saturated heterocycles. The molecule has 86 valence electrons. The van der Waals surface area contributed by atoms with Crippen LogP contribution in [-0.4, -0.2) is 32.7 Å². The monoisotopic (exact) mass is 324 g/mol. The van der Waals surface area contributed by atoms with Gasteiger partial charge in [0.05, 0.1) is 0 Å². The molecule has 16 heavy (non-hydrogen) atoms. The lowest BCUT2D eigenvalue weighted by Crippen LogP contribution is -2.27. The van der Waals surface area contributed by atoms with E-state index in [4.69, 9.17) is 23.2 Å². The smallest absolute Gasteiger partial charge is 0.237 e. The molecule has 0 radical (unpaired) electrons. The molecule has 0 spiro atoms. The van der Waals surface area contributed by atoms with Gasteiger partial charge in [0.1, 0.15) is 0 Å². The Labute approximate surface area is 110 Å². The van der Waals surface area contributed by atoms with Gasteiger partial charge < -0.3 is 0 Å². The number of anilines is 1. The lowest BCUT2D eigenvalue weighted by molar-refractivity contribution is -0.117. The SMILES string of the molecule is O=C1CC(CBr)CN1c1nc(Cl)nc(Cl)n1. The zero-order valence-corrected chi connectivity index (χ0v) is 11.1. The molecule has 1 aliphatic rings. The van der Waals surface area contributed by atoms with Gasteiger partial charge in [0.25, 0.3) is 0 Å². The number of aromatic nitrogens is 3. The Hall–Kier alpha value is -0.460. The number of hydrogen-bond acceptors (Lipinski definition) is 4. The minimum atomic E-state index is -0.0252. The second-order valence-corrected chi connectivity index (χ2v) is 4.73. The highest BCUT2D eigenvalue weighted by atomic mass is 79.9. The Morgan fingerprint density at radius 1 is 1.31 bits per heavy atom. The first-order valence-electron chi connectivity index (χ1n) is 4.53. The number of carbonyl (C=O) groups excluding carboxylic acids is 1. The van der Waals surface area contributed by atoms with E-state index < -0.39 is 0 Å². The van der Waals surface area contributed by atoms with Crippen LogP contribution in [0.1, 0.15) is 6.42 Å². The molecule has 1 aromatic heterocycles. The van der Waals surface area contributed by atoms with Gasteiger partial charge >= 0.3 is 0 Å². The van der Waals surface area contributed by atoms with Gasteiger partial charge in [-0.1, -0.05) is 15.9 Å². The van der Waals surface area contributed by atoms with Crippen LogP contribution in [0.3, 0.4) is 0 Å². The third-order valence-electron chi connectivity index (χ3n) is 2.23. The Morgan fingerprint density at radius 3 is 2.44 bits per heavy atom. The van der Waals surface area contributed by atoms with Crippen molar-refractivity contribution in [3.8, 4) is 0 Å². The first kappa shape index (κ1) is 12.0. The maximum absolute atomic E-state index is 11.7. The molecule has 2 rings (SSSR count). The van der Waals surface area contributed by atoms with E-state index in [0.717, 1.165) is 5.33 Å². The van der Waals surface area contributed by atoms with Crippen LogP contribution in [0.5, 0.6) is 0 Å². The summed E-state index contributed by atoms with van der Waals surface area (Å²) >= 11 is 14.7. The van der Waals surface area contributed by atoms with Crippen LogP contribution in [0.25, 0.3) is 0 Å². The highest BCUT2D eigenvalue weighted by Gasteiger charge is 2.31. The van der Waals surface area contributed by atoms with Gasteiger partial charge in [0, 0.05) is 18.3 Å². The van der Waals surface area contributed by atoms with Crippen LogP contribution >= 0.6 is 39.1 Å². The Bertz CT molecular complexity index is 410. The Balaban J connectivity index is 2.27. The third kappa shape index (κ3) is 2.44. The normalized spacial score (nSPS) is 20.6. The molecule has 0 saturated carbocycles. The van der Waals surface area contributed by atoms with E-state index in [-0.39, 0.29) is 28.3 Å². The summed E-state index contributed by atoms with van der Waals surface area (Å²) in [6, 6.07) is 0. The van der Waals surface area contributed by atoms with Crippen LogP contribution in [0.2, 0.25) is 10.6 Å². The molecular formula is C8H7BrCl2N4O. The zero-order valence-electron chi connectivity index (χ0n) is 8.03. The fraction of sp³-hybridized carbons (Fsp3) is 0.500. The number of hydrogen-bond donors (Lipinski definition) is 0. The predicted molar refractivity (Wildman–Crippen MR) is 64.1 cm³/mol. The van der Waals surface area contributed by atoms with Crippen molar-refractivity contribution < 1.29 is 4.79 Å². The maximum atomic E-state index is 11.7. The highest BCUT2D eigenvalue weighted by Crippen LogP contribution is 2.24. The quantitative estimate of drug-likeness (QED) is 0.779. The molecule has 1 fully saturated rings. The number of halogens is 3. The van der Waals surface area contributed by atoms with E-state index in [0.29, 0.717) is 13.0 Å². The number of carbonyl (C=O) groups is 1. The maximum Gasteiger partial charge on any atom is 0.237 e. The predicted octanol–water partition coefficient (Wildman–Crippen LogP) is 1.93. The van der Waals surface area contributed by atoms with Gasteiger partial charge in [0.2, 0.25) is 22.4 Å². The molecule has 1 atom stereocenters. The Morgan fingerprint density at radius 2 is 1.94 bits per heavy atom. The summed E-state index contributed by atoms with van der Waals surface area (Å²) in [4.78, 5) is 24.6. The van der Waals surface area contributed by atoms with Crippen LogP contribution < -0.4 is 4.90 Å². The molecular weight excluding hydrogens is 319 g/mol. The second-order valence-electron chi connectivity index (χ2n) is 3.40. The molecule has 1 amide bonds. The van der Waals surface area contributed by atoms with Crippen LogP contribution in [-0.2, 0) is 4.79 Å². The largest absolute Gasteiger partial charge is 0.280 e. The van der Waals surface area contributed by atoms with E-state index >= 15 is 0 Å². The van der Waals surface area contributed by atoms with Gasteiger partial charge in [-0.15, -0.1) is 0 Å². The summed E-state index contributed by atoms with van der Waals surface area (Å²) in [6.45, 7) is 0.570.